The third-order valence-electron chi connectivity index (χ3n) is 0. The Morgan fingerprint density at radius 1 is 1.08 bits per heavy atom. The molecule has 0 unspecified atom stereocenters. The van der Waals surface area contributed by atoms with Crippen LogP contribution in [0, 0.1) is 10.1 Å². The van der Waals surface area contributed by atoms with Crippen molar-refractivity contribution in [2.75, 3.05) is 0 Å². The van der Waals surface area contributed by atoms with Gasteiger partial charge in [-0.1, -0.05) is 0 Å². The molecule has 0 rings (SSSR count). The average Bonchev–Trinajstić information content (AvgIpc) is 1.19. The highest BCUT2D eigenvalue weighted by Crippen LogP contribution is 1.59. The molecule has 12 heavy (non-hydrogen) atoms. The van der Waals surface area contributed by atoms with Gasteiger partial charge in [0.25, 0.3) is 5.09 Å². The second-order valence-corrected chi connectivity index (χ2v) is 1.58. The van der Waals surface area contributed by atoms with E-state index in [4.69, 9.17) is 32.8 Å². The molecule has 0 atom stereocenters. The van der Waals surface area contributed by atoms with Gasteiger partial charge >= 0.3 is 10.4 Å². The molecule has 0 aliphatic rings. The molecular formula is H12N4O7S. The third kappa shape index (κ3) is 513. The number of nitrogens with zero attached hydrogens (tertiary/aromatic N) is 1. The van der Waals surface area contributed by atoms with Crippen LogP contribution in [0.3, 0.4) is 0 Å². The Kier molecular flexibility index (Phi) is 32.2. The summed E-state index contributed by atoms with van der Waals surface area (Å²) in [4.78, 5) is 8.36. The minimum Gasteiger partial charge on any atom is -0.344 e. The van der Waals surface area contributed by atoms with Crippen LogP contribution in [-0.2, 0) is 10.4 Å². The van der Waals surface area contributed by atoms with Crippen LogP contribution < -0.4 is 18.5 Å². The first kappa shape index (κ1) is 30.6. The molecular weight excluding hydrogens is 200 g/mol. The second kappa shape index (κ2) is 12.6. The van der Waals surface area contributed by atoms with E-state index in [1.165, 1.54) is 0 Å². The molecule has 0 amide bonds. The van der Waals surface area contributed by atoms with Gasteiger partial charge in [-0.25, -0.2) is 0 Å². The van der Waals surface area contributed by atoms with E-state index in [0.717, 1.165) is 0 Å². The Bertz CT molecular complexity index is 158. The average molecular weight is 212 g/mol. The zero-order valence-electron chi connectivity index (χ0n) is 5.95. The van der Waals surface area contributed by atoms with Crippen molar-refractivity contribution in [3.05, 3.63) is 10.1 Å². The molecule has 0 aliphatic carbocycles. The lowest BCUT2D eigenvalue weighted by Crippen LogP contribution is -1.89. The van der Waals surface area contributed by atoms with Crippen molar-refractivity contribution in [3.8, 4) is 0 Å². The number of hydrogen-bond acceptors (Lipinski definition) is 7. The SMILES string of the molecule is N.N.N.O=S(=O)(O)O.O=[N+]([O-])O. The van der Waals surface area contributed by atoms with Crippen molar-refractivity contribution >= 4 is 10.4 Å². The molecule has 0 bridgehead atoms. The smallest absolute Gasteiger partial charge is 0.344 e. The predicted octanol–water partition coefficient (Wildman–Crippen LogP) is -0.514. The van der Waals surface area contributed by atoms with Gasteiger partial charge in [0.2, 0.25) is 0 Å². The molecule has 0 saturated heterocycles. The first-order valence-electron chi connectivity index (χ1n) is 1.26. The fraction of sp³-hybridized carbons (Fsp3) is 0. The summed E-state index contributed by atoms with van der Waals surface area (Å²) in [6.07, 6.45) is 0. The van der Waals surface area contributed by atoms with Crippen LogP contribution in [0.1, 0.15) is 0 Å². The summed E-state index contributed by atoms with van der Waals surface area (Å²) in [7, 11) is -4.67. The van der Waals surface area contributed by atoms with E-state index in [1.807, 2.05) is 0 Å². The van der Waals surface area contributed by atoms with Crippen LogP contribution in [0.4, 0.5) is 0 Å². The van der Waals surface area contributed by atoms with E-state index in [2.05, 4.69) is 0 Å². The second-order valence-electron chi connectivity index (χ2n) is 0.686. The molecule has 0 saturated carbocycles. The molecule has 12 heteroatoms. The van der Waals surface area contributed by atoms with Crippen molar-refractivity contribution in [2.45, 2.75) is 0 Å². The molecule has 0 fully saturated rings. The highest BCUT2D eigenvalue weighted by molar-refractivity contribution is 7.79. The third-order valence-corrected chi connectivity index (χ3v) is 0. The Balaban J connectivity index is -0.0000000221. The summed E-state index contributed by atoms with van der Waals surface area (Å²) in [5.74, 6) is 0. The molecule has 0 aromatic rings. The molecule has 80 valence electrons. The lowest BCUT2D eigenvalue weighted by atomic mass is 13.1. The summed E-state index contributed by atoms with van der Waals surface area (Å²) in [6.45, 7) is 0. The molecule has 0 aromatic heterocycles. The van der Waals surface area contributed by atoms with Gasteiger partial charge in [-0.3, -0.25) is 9.11 Å². The van der Waals surface area contributed by atoms with Gasteiger partial charge in [-0.05, 0) is 0 Å². The largest absolute Gasteiger partial charge is 0.394 e. The van der Waals surface area contributed by atoms with Gasteiger partial charge in [0.1, 0.15) is 0 Å². The van der Waals surface area contributed by atoms with Crippen LogP contribution in [0.5, 0.6) is 0 Å². The molecule has 0 spiro atoms. The van der Waals surface area contributed by atoms with Gasteiger partial charge in [-0.15, -0.1) is 10.1 Å². The zero-order valence-corrected chi connectivity index (χ0v) is 6.77. The van der Waals surface area contributed by atoms with Crippen molar-refractivity contribution in [2.24, 2.45) is 0 Å². The zero-order chi connectivity index (χ0) is 8.08. The Morgan fingerprint density at radius 3 is 1.08 bits per heavy atom. The molecule has 0 heterocycles. The van der Waals surface area contributed by atoms with Gasteiger partial charge in [-0.2, -0.15) is 8.42 Å². The van der Waals surface area contributed by atoms with Crippen LogP contribution in [-0.4, -0.2) is 27.8 Å². The quantitative estimate of drug-likeness (QED) is 0.170. The van der Waals surface area contributed by atoms with Gasteiger partial charge in [0, 0.05) is 0 Å². The maximum Gasteiger partial charge on any atom is 0.394 e. The maximum absolute atomic E-state index is 8.74. The number of rotatable bonds is 0. The minimum atomic E-state index is -4.67. The van der Waals surface area contributed by atoms with E-state index in [-0.39, 0.29) is 18.5 Å². The van der Waals surface area contributed by atoms with E-state index in [9.17, 15) is 0 Å². The lowest BCUT2D eigenvalue weighted by molar-refractivity contribution is -0.742. The predicted molar refractivity (Wildman–Crippen MR) is 38.0 cm³/mol. The van der Waals surface area contributed by atoms with Crippen LogP contribution in [0.25, 0.3) is 0 Å². The topological polar surface area (TPSA) is 243 Å². The summed E-state index contributed by atoms with van der Waals surface area (Å²) < 4.78 is 31.6. The minimum absolute atomic E-state index is 0. The highest BCUT2D eigenvalue weighted by atomic mass is 32.3. The molecule has 11 nitrogen and oxygen atoms in total. The summed E-state index contributed by atoms with van der Waals surface area (Å²) in [6, 6.07) is 0. The molecule has 0 aromatic carbocycles. The summed E-state index contributed by atoms with van der Waals surface area (Å²) in [5.41, 5.74) is 0. The molecule has 12 N–H and O–H groups in total. The Morgan fingerprint density at radius 2 is 1.08 bits per heavy atom. The standard InChI is InChI=1S/HNO3.3H3N.H2O4S/c2-1(3)4;;;;1-5(2,3)4/h(H,2,3,4);3*1H3;(H2,1,2,3,4). The van der Waals surface area contributed by atoms with Crippen molar-refractivity contribution in [3.63, 3.8) is 0 Å². The fourth-order valence-electron chi connectivity index (χ4n) is 0. The van der Waals surface area contributed by atoms with E-state index < -0.39 is 15.5 Å². The first-order chi connectivity index (χ1) is 3.73. The Labute approximate surface area is 67.8 Å². The Hall–Kier alpha value is -1.05. The van der Waals surface area contributed by atoms with Crippen molar-refractivity contribution in [1.29, 1.82) is 0 Å². The first-order valence-corrected chi connectivity index (χ1v) is 2.66. The number of hydrogen-bond donors (Lipinski definition) is 6. The van der Waals surface area contributed by atoms with Crippen molar-refractivity contribution < 1.29 is 27.8 Å². The van der Waals surface area contributed by atoms with E-state index in [1.54, 1.807) is 0 Å². The van der Waals surface area contributed by atoms with Crippen LogP contribution in [0.2, 0.25) is 0 Å². The normalized spacial score (nSPS) is 6.83. The van der Waals surface area contributed by atoms with Gasteiger partial charge < -0.3 is 23.7 Å². The fourth-order valence-corrected chi connectivity index (χ4v) is 0. The molecule has 0 radical (unpaired) electrons. The molecule has 0 aliphatic heterocycles. The highest BCUT2D eigenvalue weighted by Gasteiger charge is 1.84. The van der Waals surface area contributed by atoms with Crippen LogP contribution in [0.15, 0.2) is 0 Å². The summed E-state index contributed by atoms with van der Waals surface area (Å²) >= 11 is 0. The van der Waals surface area contributed by atoms with E-state index >= 15 is 0 Å². The van der Waals surface area contributed by atoms with Crippen molar-refractivity contribution in [1.82, 2.24) is 18.5 Å². The monoisotopic (exact) mass is 212 g/mol. The van der Waals surface area contributed by atoms with Gasteiger partial charge in [0.15, 0.2) is 0 Å². The van der Waals surface area contributed by atoms with E-state index in [0.29, 0.717) is 0 Å². The summed E-state index contributed by atoms with van der Waals surface area (Å²) in [5, 5.41) is 13.6. The van der Waals surface area contributed by atoms with Gasteiger partial charge in [0.05, 0.1) is 0 Å². The maximum atomic E-state index is 8.74. The lowest BCUT2D eigenvalue weighted by Gasteiger charge is -1.68. The van der Waals surface area contributed by atoms with Crippen LogP contribution >= 0.6 is 0 Å².